The van der Waals surface area contributed by atoms with E-state index in [-0.39, 0.29) is 18.3 Å². The molecule has 0 aromatic carbocycles. The first-order chi connectivity index (χ1) is 3.72. The van der Waals surface area contributed by atoms with Gasteiger partial charge in [0.05, 0.1) is 0 Å². The van der Waals surface area contributed by atoms with Gasteiger partial charge in [0.1, 0.15) is 6.04 Å². The first-order valence-electron chi connectivity index (χ1n) is 2.33. The molecule has 5 heteroatoms. The summed E-state index contributed by atoms with van der Waals surface area (Å²) in [5.41, 5.74) is 1.80. The Hall–Kier alpha value is -0.320. The number of carbonyl (C=O) groups excluding carboxylic acids is 1. The molecule has 0 fully saturated rings. The average molecular weight is 155 g/mol. The molecule has 0 aromatic rings. The van der Waals surface area contributed by atoms with E-state index in [1.807, 2.05) is 0 Å². The summed E-state index contributed by atoms with van der Waals surface area (Å²) < 4.78 is 0. The number of rotatable bonds is 2. The van der Waals surface area contributed by atoms with E-state index in [1.54, 1.807) is 12.4 Å². The Labute approximate surface area is 60.0 Å². The van der Waals surface area contributed by atoms with Gasteiger partial charge in [-0.1, -0.05) is 0 Å². The van der Waals surface area contributed by atoms with E-state index < -0.39 is 6.04 Å². The number of carbonyl (C=O) groups is 1. The Morgan fingerprint density at radius 1 is 1.67 bits per heavy atom. The maximum absolute atomic E-state index is 10.4. The van der Waals surface area contributed by atoms with Gasteiger partial charge in [-0.05, 0) is 6.92 Å². The Balaban J connectivity index is 0. The van der Waals surface area contributed by atoms with Crippen molar-refractivity contribution < 1.29 is 10.0 Å². The van der Waals surface area contributed by atoms with Crippen molar-refractivity contribution in [1.29, 1.82) is 0 Å². The smallest absolute Gasteiger partial charge is 0.238 e. The van der Waals surface area contributed by atoms with Crippen molar-refractivity contribution in [3.05, 3.63) is 0 Å². The number of hydrogen-bond acceptors (Lipinski definition) is 3. The summed E-state index contributed by atoms with van der Waals surface area (Å²) in [5, 5.41) is 10.5. The minimum atomic E-state index is -0.528. The molecule has 0 rings (SSSR count). The highest BCUT2D eigenvalue weighted by Crippen LogP contribution is 1.74. The zero-order chi connectivity index (χ0) is 6.57. The Morgan fingerprint density at radius 3 is 2.22 bits per heavy atom. The van der Waals surface area contributed by atoms with Gasteiger partial charge in [-0.3, -0.25) is 4.79 Å². The Morgan fingerprint density at radius 2 is 2.11 bits per heavy atom. The van der Waals surface area contributed by atoms with Crippen LogP contribution in [0.1, 0.15) is 6.92 Å². The van der Waals surface area contributed by atoms with Gasteiger partial charge in [-0.25, -0.2) is 0 Å². The molecule has 4 nitrogen and oxygen atoms in total. The summed E-state index contributed by atoms with van der Waals surface area (Å²) in [6.45, 7) is 1.55. The third kappa shape index (κ3) is 4.20. The van der Waals surface area contributed by atoms with Crippen LogP contribution >= 0.6 is 12.4 Å². The van der Waals surface area contributed by atoms with Gasteiger partial charge in [-0.2, -0.15) is 5.48 Å². The fraction of sp³-hybridized carbons (Fsp3) is 0.750. The quantitative estimate of drug-likeness (QED) is 0.471. The molecule has 56 valence electrons. The second-order valence-electron chi connectivity index (χ2n) is 1.47. The normalized spacial score (nSPS) is 11.4. The van der Waals surface area contributed by atoms with E-state index in [1.165, 1.54) is 7.05 Å². The molecule has 1 amide bonds. The summed E-state index contributed by atoms with van der Waals surface area (Å²) in [4.78, 5) is 10.4. The highest BCUT2D eigenvalue weighted by molar-refractivity contribution is 5.85. The average Bonchev–Trinajstić information content (AvgIpc) is 1.84. The minimum absolute atomic E-state index is 0. The Bertz CT molecular complexity index is 88.6. The molecule has 1 atom stereocenters. The van der Waals surface area contributed by atoms with Crippen LogP contribution < -0.4 is 10.8 Å². The molecule has 0 aliphatic heterocycles. The van der Waals surface area contributed by atoms with Crippen LogP contribution in [0, 0.1) is 0 Å². The van der Waals surface area contributed by atoms with E-state index in [2.05, 4.69) is 5.32 Å². The minimum Gasteiger partial charge on any atom is -0.358 e. The zero-order valence-corrected chi connectivity index (χ0v) is 6.16. The van der Waals surface area contributed by atoms with Crippen molar-refractivity contribution in [2.45, 2.75) is 13.0 Å². The second kappa shape index (κ2) is 5.81. The van der Waals surface area contributed by atoms with Gasteiger partial charge in [-0.15, -0.1) is 12.4 Å². The van der Waals surface area contributed by atoms with E-state index in [0.29, 0.717) is 0 Å². The van der Waals surface area contributed by atoms with Crippen LogP contribution in [-0.4, -0.2) is 24.2 Å². The van der Waals surface area contributed by atoms with Crippen molar-refractivity contribution >= 4 is 18.3 Å². The molecular weight excluding hydrogens is 144 g/mol. The van der Waals surface area contributed by atoms with Gasteiger partial charge in [0.25, 0.3) is 0 Å². The molecule has 0 aliphatic carbocycles. The van der Waals surface area contributed by atoms with Crippen molar-refractivity contribution in [2.75, 3.05) is 7.05 Å². The fourth-order valence-electron chi connectivity index (χ4n) is 0.275. The first kappa shape index (κ1) is 11.5. The van der Waals surface area contributed by atoms with Crippen LogP contribution in [0.2, 0.25) is 0 Å². The molecule has 0 radical (unpaired) electrons. The van der Waals surface area contributed by atoms with Gasteiger partial charge in [0, 0.05) is 7.05 Å². The molecule has 0 bridgehead atoms. The Kier molecular flexibility index (Phi) is 7.41. The maximum Gasteiger partial charge on any atom is 0.238 e. The summed E-state index contributed by atoms with van der Waals surface area (Å²) in [6, 6.07) is -0.528. The van der Waals surface area contributed by atoms with E-state index in [4.69, 9.17) is 5.21 Å². The largest absolute Gasteiger partial charge is 0.358 e. The maximum atomic E-state index is 10.4. The van der Waals surface area contributed by atoms with Crippen LogP contribution in [0.5, 0.6) is 0 Å². The molecule has 0 saturated carbocycles. The lowest BCUT2D eigenvalue weighted by molar-refractivity contribution is -0.124. The monoisotopic (exact) mass is 154 g/mol. The van der Waals surface area contributed by atoms with Crippen LogP contribution in [0.15, 0.2) is 0 Å². The van der Waals surface area contributed by atoms with Gasteiger partial charge in [0.15, 0.2) is 0 Å². The standard InChI is InChI=1S/C4H10N2O2.ClH/c1-3(6-8)4(7)5-2;/h3,6,8H,1-2H3,(H,5,7);1H/t3-;/m0./s1. The van der Waals surface area contributed by atoms with E-state index >= 15 is 0 Å². The molecule has 3 N–H and O–H groups in total. The highest BCUT2D eigenvalue weighted by Gasteiger charge is 2.06. The van der Waals surface area contributed by atoms with Crippen molar-refractivity contribution in [1.82, 2.24) is 10.8 Å². The number of hydrogen-bond donors (Lipinski definition) is 3. The van der Waals surface area contributed by atoms with Crippen LogP contribution in [0.4, 0.5) is 0 Å². The summed E-state index contributed by atoms with van der Waals surface area (Å²) in [6.07, 6.45) is 0. The third-order valence-electron chi connectivity index (χ3n) is 0.833. The molecule has 9 heavy (non-hydrogen) atoms. The highest BCUT2D eigenvalue weighted by atomic mass is 35.5. The second-order valence-corrected chi connectivity index (χ2v) is 1.47. The molecule has 0 aliphatic rings. The van der Waals surface area contributed by atoms with E-state index in [9.17, 15) is 4.79 Å². The topological polar surface area (TPSA) is 61.4 Å². The van der Waals surface area contributed by atoms with Crippen molar-refractivity contribution in [2.24, 2.45) is 0 Å². The van der Waals surface area contributed by atoms with Crippen molar-refractivity contribution in [3.63, 3.8) is 0 Å². The molecule has 0 heterocycles. The van der Waals surface area contributed by atoms with E-state index in [0.717, 1.165) is 0 Å². The van der Waals surface area contributed by atoms with Gasteiger partial charge < -0.3 is 10.5 Å². The van der Waals surface area contributed by atoms with Crippen LogP contribution in [0.3, 0.4) is 0 Å². The molecule has 0 spiro atoms. The summed E-state index contributed by atoms with van der Waals surface area (Å²) in [7, 11) is 1.51. The third-order valence-corrected chi connectivity index (χ3v) is 0.833. The number of hydroxylamine groups is 1. The lowest BCUT2D eigenvalue weighted by Crippen LogP contribution is -2.38. The van der Waals surface area contributed by atoms with Gasteiger partial charge >= 0.3 is 0 Å². The fourth-order valence-corrected chi connectivity index (χ4v) is 0.275. The van der Waals surface area contributed by atoms with Gasteiger partial charge in [0.2, 0.25) is 5.91 Å². The first-order valence-corrected chi connectivity index (χ1v) is 2.33. The molecule has 0 saturated heterocycles. The predicted molar refractivity (Wildman–Crippen MR) is 35.7 cm³/mol. The summed E-state index contributed by atoms with van der Waals surface area (Å²) >= 11 is 0. The van der Waals surface area contributed by atoms with Crippen LogP contribution in [0.25, 0.3) is 0 Å². The lowest BCUT2D eigenvalue weighted by Gasteiger charge is -2.04. The molecular formula is C4H11ClN2O2. The summed E-state index contributed by atoms with van der Waals surface area (Å²) in [5.74, 6) is -0.229. The SMILES string of the molecule is CNC(=O)[C@H](C)NO.Cl. The van der Waals surface area contributed by atoms with Crippen molar-refractivity contribution in [3.8, 4) is 0 Å². The predicted octanol–water partition coefficient (Wildman–Crippen LogP) is -0.479. The number of nitrogens with one attached hydrogen (secondary N) is 2. The van der Waals surface area contributed by atoms with Crippen LogP contribution in [-0.2, 0) is 4.79 Å². The zero-order valence-electron chi connectivity index (χ0n) is 5.34. The number of halogens is 1. The number of likely N-dealkylation sites (N-methyl/N-ethyl adjacent to an activating group) is 1. The lowest BCUT2D eigenvalue weighted by atomic mass is 10.3. The molecule has 0 unspecified atom stereocenters. The molecule has 0 aromatic heterocycles. The number of amides is 1.